The number of amides is 2. The third-order valence-corrected chi connectivity index (χ3v) is 2.34. The van der Waals surface area contributed by atoms with Gasteiger partial charge in [0.15, 0.2) is 0 Å². The molecule has 0 bridgehead atoms. The number of carboxylic acids is 1. The maximum atomic E-state index is 11.5. The van der Waals surface area contributed by atoms with Crippen molar-refractivity contribution in [1.82, 2.24) is 5.32 Å². The molecule has 0 spiro atoms. The van der Waals surface area contributed by atoms with Crippen molar-refractivity contribution < 1.29 is 19.8 Å². The third-order valence-electron chi connectivity index (χ3n) is 2.34. The largest absolute Gasteiger partial charge is 0.508 e. The molecule has 0 aliphatic heterocycles. The van der Waals surface area contributed by atoms with Crippen LogP contribution in [0.4, 0.5) is 10.5 Å². The first kappa shape index (κ1) is 14.6. The van der Waals surface area contributed by atoms with Crippen molar-refractivity contribution in [2.75, 3.05) is 11.9 Å². The van der Waals surface area contributed by atoms with Gasteiger partial charge in [0.2, 0.25) is 0 Å². The van der Waals surface area contributed by atoms with Gasteiger partial charge in [0.05, 0.1) is 0 Å². The number of nitrogens with one attached hydrogen (secondary N) is 2. The smallest absolute Gasteiger partial charge is 0.330 e. The highest BCUT2D eigenvalue weighted by Crippen LogP contribution is 2.13. The molecule has 102 valence electrons. The summed E-state index contributed by atoms with van der Waals surface area (Å²) in [7, 11) is 0. The van der Waals surface area contributed by atoms with Crippen LogP contribution in [0.1, 0.15) is 13.3 Å². The van der Waals surface area contributed by atoms with Crippen molar-refractivity contribution in [2.45, 2.75) is 13.3 Å². The maximum absolute atomic E-state index is 11.5. The molecule has 0 aliphatic carbocycles. The number of hydrogen-bond donors (Lipinski definition) is 4. The van der Waals surface area contributed by atoms with E-state index in [1.807, 2.05) is 0 Å². The summed E-state index contributed by atoms with van der Waals surface area (Å²) in [5, 5.41) is 22.9. The fourth-order valence-electron chi connectivity index (χ4n) is 1.28. The fraction of sp³-hybridized carbons (Fsp3) is 0.231. The Bertz CT molecular complexity index is 480. The summed E-state index contributed by atoms with van der Waals surface area (Å²) in [6.07, 6.45) is 1.99. The lowest BCUT2D eigenvalue weighted by molar-refractivity contribution is -0.132. The van der Waals surface area contributed by atoms with Crippen LogP contribution in [0.15, 0.2) is 35.9 Å². The maximum Gasteiger partial charge on any atom is 0.330 e. The van der Waals surface area contributed by atoms with Gasteiger partial charge in [-0.2, -0.15) is 0 Å². The van der Waals surface area contributed by atoms with Gasteiger partial charge >= 0.3 is 12.0 Å². The van der Waals surface area contributed by atoms with E-state index in [2.05, 4.69) is 10.6 Å². The van der Waals surface area contributed by atoms with Crippen LogP contribution < -0.4 is 10.6 Å². The zero-order valence-corrected chi connectivity index (χ0v) is 10.5. The minimum absolute atomic E-state index is 0.125. The molecular formula is C13H16N2O4. The number of carbonyl (C=O) groups is 2. The number of hydrogen-bond acceptors (Lipinski definition) is 3. The topological polar surface area (TPSA) is 98.7 Å². The van der Waals surface area contributed by atoms with Crippen LogP contribution in [0.25, 0.3) is 0 Å². The van der Waals surface area contributed by atoms with Crippen LogP contribution in [0.2, 0.25) is 0 Å². The van der Waals surface area contributed by atoms with Gasteiger partial charge in [-0.05, 0) is 37.6 Å². The van der Waals surface area contributed by atoms with E-state index < -0.39 is 5.97 Å². The Morgan fingerprint density at radius 1 is 1.26 bits per heavy atom. The van der Waals surface area contributed by atoms with E-state index in [9.17, 15) is 9.59 Å². The third kappa shape index (κ3) is 5.58. The van der Waals surface area contributed by atoms with Gasteiger partial charge in [0, 0.05) is 17.8 Å². The Kier molecular flexibility index (Phi) is 5.40. The predicted octanol–water partition coefficient (Wildman–Crippen LogP) is 1.93. The zero-order valence-electron chi connectivity index (χ0n) is 10.5. The van der Waals surface area contributed by atoms with Crippen LogP contribution in [-0.2, 0) is 4.79 Å². The number of aliphatic carboxylic acids is 1. The summed E-state index contributed by atoms with van der Waals surface area (Å²) >= 11 is 0. The van der Waals surface area contributed by atoms with Crippen molar-refractivity contribution in [2.24, 2.45) is 0 Å². The van der Waals surface area contributed by atoms with Gasteiger partial charge in [-0.1, -0.05) is 6.08 Å². The number of carbonyl (C=O) groups excluding carboxylic acids is 1. The second-order valence-corrected chi connectivity index (χ2v) is 3.91. The SMILES string of the molecule is C/C(=C\CCNC(=O)Nc1ccc(O)cc1)C(=O)O. The average molecular weight is 264 g/mol. The second kappa shape index (κ2) is 7.05. The fourth-order valence-corrected chi connectivity index (χ4v) is 1.28. The highest BCUT2D eigenvalue weighted by molar-refractivity contribution is 5.89. The zero-order chi connectivity index (χ0) is 14.3. The van der Waals surface area contributed by atoms with E-state index in [1.54, 1.807) is 18.2 Å². The summed E-state index contributed by atoms with van der Waals surface area (Å²) in [4.78, 5) is 22.0. The number of aromatic hydroxyl groups is 1. The summed E-state index contributed by atoms with van der Waals surface area (Å²) in [5.74, 6) is -0.839. The Morgan fingerprint density at radius 3 is 2.47 bits per heavy atom. The van der Waals surface area contributed by atoms with Gasteiger partial charge < -0.3 is 20.8 Å². The van der Waals surface area contributed by atoms with Gasteiger partial charge in [-0.15, -0.1) is 0 Å². The quantitative estimate of drug-likeness (QED) is 0.371. The molecule has 0 aliphatic rings. The number of phenolic OH excluding ortho intramolecular Hbond substituents is 1. The number of anilines is 1. The van der Waals surface area contributed by atoms with E-state index in [-0.39, 0.29) is 17.4 Å². The van der Waals surface area contributed by atoms with Crippen molar-refractivity contribution in [3.8, 4) is 5.75 Å². The van der Waals surface area contributed by atoms with Crippen molar-refractivity contribution in [3.63, 3.8) is 0 Å². The predicted molar refractivity (Wildman–Crippen MR) is 71.1 cm³/mol. The molecule has 0 fully saturated rings. The molecule has 1 rings (SSSR count). The summed E-state index contributed by atoms with van der Waals surface area (Å²) in [5.41, 5.74) is 0.813. The number of rotatable bonds is 5. The van der Waals surface area contributed by atoms with E-state index in [4.69, 9.17) is 10.2 Å². The first-order valence-electron chi connectivity index (χ1n) is 5.73. The van der Waals surface area contributed by atoms with E-state index >= 15 is 0 Å². The van der Waals surface area contributed by atoms with Gasteiger partial charge in [0.25, 0.3) is 0 Å². The molecule has 0 unspecified atom stereocenters. The van der Waals surface area contributed by atoms with Gasteiger partial charge in [-0.3, -0.25) is 0 Å². The molecule has 0 heterocycles. The standard InChI is InChI=1S/C13H16N2O4/c1-9(12(17)18)3-2-8-14-13(19)15-10-4-6-11(16)7-5-10/h3-7,16H,2,8H2,1H3,(H,17,18)(H2,14,15,19)/b9-3+. The highest BCUT2D eigenvalue weighted by Gasteiger charge is 2.01. The van der Waals surface area contributed by atoms with Gasteiger partial charge in [0.1, 0.15) is 5.75 Å². The lowest BCUT2D eigenvalue weighted by atomic mass is 10.2. The number of carboxylic acid groups (broad SMARTS) is 1. The Hall–Kier alpha value is -2.50. The van der Waals surface area contributed by atoms with E-state index in [1.165, 1.54) is 19.1 Å². The molecule has 0 aromatic heterocycles. The summed E-state index contributed by atoms with van der Waals surface area (Å²) in [6, 6.07) is 5.70. The van der Waals surface area contributed by atoms with Crippen LogP contribution in [0.5, 0.6) is 5.75 Å². The molecule has 0 saturated heterocycles. The summed E-state index contributed by atoms with van der Waals surface area (Å²) in [6.45, 7) is 1.84. The first-order valence-corrected chi connectivity index (χ1v) is 5.73. The van der Waals surface area contributed by atoms with E-state index in [0.29, 0.717) is 18.7 Å². The van der Waals surface area contributed by atoms with E-state index in [0.717, 1.165) is 0 Å². The molecule has 0 atom stereocenters. The minimum atomic E-state index is -0.964. The van der Waals surface area contributed by atoms with Crippen molar-refractivity contribution in [1.29, 1.82) is 0 Å². The van der Waals surface area contributed by atoms with Crippen LogP contribution in [0.3, 0.4) is 0 Å². The monoisotopic (exact) mass is 264 g/mol. The molecule has 0 saturated carbocycles. The molecular weight excluding hydrogens is 248 g/mol. The highest BCUT2D eigenvalue weighted by atomic mass is 16.4. The van der Waals surface area contributed by atoms with Crippen molar-refractivity contribution >= 4 is 17.7 Å². The molecule has 6 nitrogen and oxygen atoms in total. The first-order chi connectivity index (χ1) is 8.99. The molecule has 4 N–H and O–H groups in total. The minimum Gasteiger partial charge on any atom is -0.508 e. The Balaban J connectivity index is 2.31. The summed E-state index contributed by atoms with van der Waals surface area (Å²) < 4.78 is 0. The molecule has 1 aromatic carbocycles. The normalized spacial score (nSPS) is 10.9. The number of phenols is 1. The van der Waals surface area contributed by atoms with Crippen molar-refractivity contribution in [3.05, 3.63) is 35.9 Å². The second-order valence-electron chi connectivity index (χ2n) is 3.91. The number of benzene rings is 1. The van der Waals surface area contributed by atoms with Gasteiger partial charge in [-0.25, -0.2) is 9.59 Å². The Morgan fingerprint density at radius 2 is 1.89 bits per heavy atom. The molecule has 6 heteroatoms. The lowest BCUT2D eigenvalue weighted by Gasteiger charge is -2.06. The molecule has 1 aromatic rings. The molecule has 2 amide bonds. The average Bonchev–Trinajstić information content (AvgIpc) is 2.37. The van der Waals surface area contributed by atoms with Crippen LogP contribution in [0, 0.1) is 0 Å². The lowest BCUT2D eigenvalue weighted by Crippen LogP contribution is -2.29. The Labute approximate surface area is 110 Å². The molecule has 0 radical (unpaired) electrons. The number of urea groups is 1. The van der Waals surface area contributed by atoms with Crippen LogP contribution >= 0.6 is 0 Å². The van der Waals surface area contributed by atoms with Crippen LogP contribution in [-0.4, -0.2) is 28.8 Å². The molecule has 19 heavy (non-hydrogen) atoms.